The van der Waals surface area contributed by atoms with Crippen LogP contribution in [0.1, 0.15) is 37.4 Å². The van der Waals surface area contributed by atoms with Crippen molar-refractivity contribution in [2.75, 3.05) is 74.0 Å². The number of ether oxygens (including phenoxy) is 6. The smallest absolute Gasteiger partial charge is 0.386 e. The van der Waals surface area contributed by atoms with Crippen molar-refractivity contribution in [3.05, 3.63) is 86.8 Å². The monoisotopic (exact) mass is 2130 g/mol. The third-order valence-corrected chi connectivity index (χ3v) is 31.0. The maximum Gasteiger partial charge on any atom is 0.386 e. The third kappa shape index (κ3) is 18.7. The molecule has 0 saturated carbocycles. The standard InChI is InChI=1S/3C20H22F2N10O9P2S2/c3*21-9-7-3-36-42(34,44)40-13-8(39-18(10(13)22)32-15-11(29-30-32)6(23)1-2-25-15)4-37-43(35,45)41-14(9)19(38-7)31-5-26-12-16(31)27-20(24)28-17(12)33/h3*1-2,5,7-10,13-14,18-19H,3-4H2,(H2,23,25)(H,34,44)(H,35,45)(H3,24,27,28,33)/t3*7-,8-,9-,10+,13-,14-,18-,19-,42?,43?/m111/s1. The van der Waals surface area contributed by atoms with Crippen molar-refractivity contribution in [1.29, 1.82) is 0 Å². The molecule has 0 aromatic carbocycles. The summed E-state index contributed by atoms with van der Waals surface area (Å²) in [6, 6.07) is 4.44. The van der Waals surface area contributed by atoms with Crippen LogP contribution in [-0.4, -0.2) is 293 Å². The summed E-state index contributed by atoms with van der Waals surface area (Å²) in [4.78, 5) is 135. The Balaban J connectivity index is 0.000000130. The molecule has 57 nitrogen and oxygen atoms in total. The highest BCUT2D eigenvalue weighted by atomic mass is 32.7. The summed E-state index contributed by atoms with van der Waals surface area (Å²) in [6.07, 6.45) is -32.7. The number of pyridine rings is 3. The fraction of sp³-hybridized carbons (Fsp3) is 0.500. The fourth-order valence-electron chi connectivity index (χ4n) is 15.6. The number of nitrogens with two attached hydrogens (primary N) is 6. The highest BCUT2D eigenvalue weighted by molar-refractivity contribution is 8.44. The number of nitrogens with one attached hydrogen (secondary N) is 3. The summed E-state index contributed by atoms with van der Waals surface area (Å²) >= 11 is 29.7. The molecule has 21 heterocycles. The molecule has 0 amide bonds. The van der Waals surface area contributed by atoms with E-state index in [-0.39, 0.29) is 102 Å². The molecule has 9 aliphatic rings. The highest BCUT2D eigenvalue weighted by Crippen LogP contribution is 2.61. The largest absolute Gasteiger partial charge is 0.397 e. The first-order chi connectivity index (χ1) is 63.9. The molecule has 12 aromatic heterocycles. The van der Waals surface area contributed by atoms with Crippen molar-refractivity contribution in [3.8, 4) is 0 Å². The van der Waals surface area contributed by atoms with Crippen molar-refractivity contribution in [3.63, 3.8) is 0 Å². The van der Waals surface area contributed by atoms with Crippen LogP contribution in [0, 0.1) is 0 Å². The number of rotatable bonds is 6. The Morgan fingerprint density at radius 3 is 0.889 bits per heavy atom. The zero-order valence-electron chi connectivity index (χ0n) is 66.8. The van der Waals surface area contributed by atoms with Gasteiger partial charge in [0.25, 0.3) is 16.7 Å². The summed E-state index contributed by atoms with van der Waals surface area (Å²) in [6.45, 7) is -30.4. The molecule has 21 rings (SSSR count). The molecule has 9 fully saturated rings. The minimum Gasteiger partial charge on any atom is -0.397 e. The average Bonchev–Trinajstić information content (AvgIpc) is 1.63. The van der Waals surface area contributed by atoms with E-state index < -0.39 is 244 Å². The molecule has 0 aliphatic carbocycles. The second kappa shape index (κ2) is 36.6. The van der Waals surface area contributed by atoms with Gasteiger partial charge in [0.15, 0.2) is 141 Å². The molecule has 12 aromatic rings. The number of nitrogens with zero attached hydrogens (tertiary/aromatic N) is 21. The zero-order valence-corrected chi connectivity index (χ0v) is 77.2. The van der Waals surface area contributed by atoms with E-state index in [9.17, 15) is 43.4 Å². The molecule has 0 spiro atoms. The molecular formula is C60H66F6N30O27P6S6. The van der Waals surface area contributed by atoms with Gasteiger partial charge in [-0.15, -0.1) is 15.3 Å². The van der Waals surface area contributed by atoms with Gasteiger partial charge in [0.05, 0.1) is 75.7 Å². The lowest BCUT2D eigenvalue weighted by Gasteiger charge is -2.27. The predicted molar refractivity (Wildman–Crippen MR) is 464 cm³/mol. The van der Waals surface area contributed by atoms with Gasteiger partial charge in [-0.1, -0.05) is 27.9 Å². The number of H-pyrrole nitrogens is 3. The Morgan fingerprint density at radius 2 is 0.600 bits per heavy atom. The van der Waals surface area contributed by atoms with E-state index in [1.54, 1.807) is 0 Å². The topological polar surface area (TPSA) is 762 Å². The van der Waals surface area contributed by atoms with E-state index in [0.29, 0.717) is 0 Å². The third-order valence-electron chi connectivity index (χ3n) is 21.6. The van der Waals surface area contributed by atoms with Crippen molar-refractivity contribution in [1.82, 2.24) is 118 Å². The number of hydrogen-bond donors (Lipinski definition) is 15. The number of nitrogen functional groups attached to an aromatic ring is 6. The zero-order chi connectivity index (χ0) is 95.5. The van der Waals surface area contributed by atoms with Gasteiger partial charge in [-0.05, 0) is 77.2 Å². The number of aromatic amines is 3. The number of alkyl halides is 6. The molecule has 0 radical (unpaired) electrons. The van der Waals surface area contributed by atoms with Gasteiger partial charge in [0.1, 0.15) is 73.2 Å². The minimum absolute atomic E-state index is 0.0808. The van der Waals surface area contributed by atoms with Gasteiger partial charge in [-0.2, -0.15) is 29.0 Å². The molecule has 20 N–H and O–H groups in total. The van der Waals surface area contributed by atoms with Crippen molar-refractivity contribution < 1.29 is 138 Å². The Morgan fingerprint density at radius 1 is 0.348 bits per heavy atom. The summed E-state index contributed by atoms with van der Waals surface area (Å²) in [5, 5.41) is 23.4. The number of aromatic nitrogens is 24. The Hall–Kier alpha value is -8.01. The summed E-state index contributed by atoms with van der Waals surface area (Å²) in [7, 11) is 0. The molecule has 726 valence electrons. The average molecular weight is 2130 g/mol. The quantitative estimate of drug-likeness (QED) is 0.0607. The van der Waals surface area contributed by atoms with Crippen LogP contribution in [0.15, 0.2) is 70.2 Å². The number of thiol groups is 1. The van der Waals surface area contributed by atoms with Crippen molar-refractivity contribution in [2.24, 2.45) is 0 Å². The molecule has 30 atom stereocenters. The molecule has 135 heavy (non-hydrogen) atoms. The normalized spacial score (nSPS) is 37.7. The number of halogens is 6. The van der Waals surface area contributed by atoms with Crippen LogP contribution in [-0.2, 0) is 146 Å². The predicted octanol–water partition coefficient (Wildman–Crippen LogP) is 0.358. The second-order valence-electron chi connectivity index (χ2n) is 30.2. The van der Waals surface area contributed by atoms with Crippen LogP contribution in [0.25, 0.3) is 67.0 Å². The molecule has 75 heteroatoms. The fourth-order valence-corrected chi connectivity index (χ4v) is 24.1. The molecule has 9 saturated heterocycles. The van der Waals surface area contributed by atoms with Crippen LogP contribution >= 0.6 is 52.6 Å². The number of imidazole rings is 3. The second-order valence-corrected chi connectivity index (χ2v) is 47.0. The summed E-state index contributed by atoms with van der Waals surface area (Å²) < 4.78 is 216. The Labute approximate surface area is 774 Å². The van der Waals surface area contributed by atoms with Gasteiger partial charge in [-0.25, -0.2) is 60.8 Å². The molecule has 6 unspecified atom stereocenters. The first-order valence-corrected chi connectivity index (χ1v) is 54.3. The lowest BCUT2D eigenvalue weighted by molar-refractivity contribution is -0.0617. The molecule has 9 aliphatic heterocycles. The molecular weight excluding hydrogens is 2070 g/mol. The van der Waals surface area contributed by atoms with E-state index in [1.165, 1.54) is 36.8 Å². The Bertz CT molecular complexity index is 6510. The van der Waals surface area contributed by atoms with Crippen LogP contribution in [0.2, 0.25) is 0 Å². The van der Waals surface area contributed by atoms with Crippen LogP contribution in [0.4, 0.5) is 61.2 Å². The van der Waals surface area contributed by atoms with Gasteiger partial charge in [0.2, 0.25) is 17.8 Å². The SMILES string of the molecule is Nc1nc2c(ncn2[C@@H]2O[C@@H]3COP(=O)(S)O[C@H]4[C@H](F)[C@H](n5nnc6c(N)ccnc65)O[C@@H]4COP(O)(=S)O[C@@H]2[C@@H]3F)c(=O)[nH]1.Nc1nc2c(ncn2[C@@H]2O[C@@H]3COP(O)(=S)O[C@H]4[C@H](F)[C@H](n5nnc6c(N)ccnc65)O[C@@H]4COP(O)(=S)O[C@@H]2[C@@H]3F)c(=O)[nH]1.Nc1nc2c(ncn2[C@@H]2O[C@@H]3COP(O)(=S)O[C@H]4[C@H](F)[C@H](n5nnc6c(N)ccnc65)O[C@@H]4COP(O)(=S)O[C@@H]2[C@@H]3F)c(=O)[nH]1. The molecule has 6 bridgehead atoms. The summed E-state index contributed by atoms with van der Waals surface area (Å²) in [5.74, 6) is -0.780. The Kier molecular flexibility index (Phi) is 26.0. The highest BCUT2D eigenvalue weighted by Gasteiger charge is 2.60. The van der Waals surface area contributed by atoms with Gasteiger partial charge in [-0.3, -0.25) is 74.7 Å². The minimum atomic E-state index is -4.46. The number of fused-ring (bicyclic) bond motifs is 15. The van der Waals surface area contributed by atoms with E-state index in [4.69, 9.17) is 176 Å². The van der Waals surface area contributed by atoms with Crippen LogP contribution < -0.4 is 51.1 Å². The van der Waals surface area contributed by atoms with Gasteiger partial charge < -0.3 is 110 Å². The van der Waals surface area contributed by atoms with Crippen molar-refractivity contribution in [2.45, 2.75) is 148 Å². The lowest BCUT2D eigenvalue weighted by atomic mass is 10.1. The van der Waals surface area contributed by atoms with E-state index in [1.807, 2.05) is 0 Å². The first-order valence-electron chi connectivity index (χ1n) is 38.7. The van der Waals surface area contributed by atoms with Crippen molar-refractivity contribution >= 4 is 214 Å². The maximum absolute atomic E-state index is 16.0. The van der Waals surface area contributed by atoms with Gasteiger partial charge in [0, 0.05) is 18.6 Å². The summed E-state index contributed by atoms with van der Waals surface area (Å²) in [5.41, 5.74) is 33.5. The lowest BCUT2D eigenvalue weighted by Crippen LogP contribution is -2.34. The maximum atomic E-state index is 16.0. The van der Waals surface area contributed by atoms with Gasteiger partial charge >= 0.3 is 40.4 Å². The van der Waals surface area contributed by atoms with Crippen LogP contribution in [0.3, 0.4) is 0 Å². The van der Waals surface area contributed by atoms with E-state index in [2.05, 4.69) is 103 Å². The van der Waals surface area contributed by atoms with E-state index >= 15 is 26.3 Å². The number of hydrogen-bond acceptors (Lipinski definition) is 48. The first kappa shape index (κ1) is 95.9. The van der Waals surface area contributed by atoms with E-state index in [0.717, 1.165) is 46.7 Å². The number of anilines is 6. The van der Waals surface area contributed by atoms with Crippen LogP contribution in [0.5, 0.6) is 0 Å².